The van der Waals surface area contributed by atoms with Gasteiger partial charge in [0.2, 0.25) is 0 Å². The van der Waals surface area contributed by atoms with E-state index in [9.17, 15) is 4.79 Å². The first-order chi connectivity index (χ1) is 16.6. The molecule has 1 atom stereocenters. The van der Waals surface area contributed by atoms with Gasteiger partial charge in [0.1, 0.15) is 18.1 Å². The van der Waals surface area contributed by atoms with Gasteiger partial charge in [0.15, 0.2) is 5.69 Å². The number of hydrogen-bond donors (Lipinski definition) is 1. The number of aromatic nitrogens is 4. The minimum Gasteiger partial charge on any atom is -0.496 e. The molecule has 6 rings (SSSR count). The Morgan fingerprint density at radius 2 is 2.18 bits per heavy atom. The molecule has 34 heavy (non-hydrogen) atoms. The van der Waals surface area contributed by atoms with Crippen molar-refractivity contribution in [3.63, 3.8) is 0 Å². The zero-order valence-electron chi connectivity index (χ0n) is 18.8. The maximum atomic E-state index is 13.2. The van der Waals surface area contributed by atoms with E-state index in [0.29, 0.717) is 30.4 Å². The standard InChI is InChI=1S/C24H23N5O4S/c1-28-6-3-19(26-28)16-9-17-21(10-20(16)31-2)33-12-18-22(24(30)25-14-4-7-32-11-14)27-29(23(17)18)15-5-8-34-13-15/h3,5-6,8-10,13-14H,4,7,11-12H2,1-2H3,(H,25,30). The summed E-state index contributed by atoms with van der Waals surface area (Å²) < 4.78 is 20.8. The van der Waals surface area contributed by atoms with E-state index in [2.05, 4.69) is 10.4 Å². The molecule has 9 nitrogen and oxygen atoms in total. The van der Waals surface area contributed by atoms with Crippen LogP contribution < -0.4 is 14.8 Å². The average molecular weight is 478 g/mol. The number of carbonyl (C=O) groups is 1. The molecule has 2 aliphatic heterocycles. The lowest BCUT2D eigenvalue weighted by Gasteiger charge is -2.22. The molecule has 0 radical (unpaired) electrons. The molecule has 1 aromatic carbocycles. The van der Waals surface area contributed by atoms with Gasteiger partial charge in [-0.3, -0.25) is 9.48 Å². The highest BCUT2D eigenvalue weighted by atomic mass is 32.1. The molecule has 0 bridgehead atoms. The third-order valence-corrected chi connectivity index (χ3v) is 6.80. The Balaban J connectivity index is 1.52. The van der Waals surface area contributed by atoms with Crippen molar-refractivity contribution >= 4 is 17.2 Å². The van der Waals surface area contributed by atoms with Gasteiger partial charge in [0.25, 0.3) is 5.91 Å². The first-order valence-electron chi connectivity index (χ1n) is 11.0. The molecule has 1 saturated heterocycles. The number of amides is 1. The molecule has 4 aromatic rings. The number of aryl methyl sites for hydroxylation is 1. The summed E-state index contributed by atoms with van der Waals surface area (Å²) in [6.07, 6.45) is 2.69. The van der Waals surface area contributed by atoms with Gasteiger partial charge < -0.3 is 19.5 Å². The number of ether oxygens (including phenoxy) is 3. The Kier molecular flexibility index (Phi) is 5.11. The predicted molar refractivity (Wildman–Crippen MR) is 127 cm³/mol. The Labute approximate surface area is 199 Å². The van der Waals surface area contributed by atoms with Crippen molar-refractivity contribution in [2.75, 3.05) is 20.3 Å². The van der Waals surface area contributed by atoms with Crippen LogP contribution >= 0.6 is 11.3 Å². The Morgan fingerprint density at radius 3 is 2.88 bits per heavy atom. The molecular weight excluding hydrogens is 454 g/mol. The van der Waals surface area contributed by atoms with Crippen molar-refractivity contribution in [1.29, 1.82) is 0 Å². The van der Waals surface area contributed by atoms with E-state index < -0.39 is 0 Å². The second-order valence-electron chi connectivity index (χ2n) is 8.32. The van der Waals surface area contributed by atoms with Crippen LogP contribution in [0.25, 0.3) is 28.2 Å². The van der Waals surface area contributed by atoms with E-state index >= 15 is 0 Å². The maximum absolute atomic E-state index is 13.2. The molecule has 1 fully saturated rings. The molecule has 0 spiro atoms. The summed E-state index contributed by atoms with van der Waals surface area (Å²) in [5.74, 6) is 1.13. The lowest BCUT2D eigenvalue weighted by Crippen LogP contribution is -2.35. The third kappa shape index (κ3) is 3.46. The fraction of sp³-hybridized carbons (Fsp3) is 0.292. The highest BCUT2D eigenvalue weighted by molar-refractivity contribution is 7.08. The first kappa shape index (κ1) is 20.9. The van der Waals surface area contributed by atoms with E-state index in [1.807, 2.05) is 53.0 Å². The van der Waals surface area contributed by atoms with Crippen molar-refractivity contribution in [3.05, 3.63) is 52.5 Å². The molecule has 0 aliphatic carbocycles. The second kappa shape index (κ2) is 8.30. The number of hydrogen-bond acceptors (Lipinski definition) is 7. The largest absolute Gasteiger partial charge is 0.496 e. The lowest BCUT2D eigenvalue weighted by molar-refractivity contribution is 0.0922. The van der Waals surface area contributed by atoms with E-state index in [4.69, 9.17) is 19.3 Å². The Bertz CT molecular complexity index is 1370. The second-order valence-corrected chi connectivity index (χ2v) is 9.10. The van der Waals surface area contributed by atoms with Crippen LogP contribution in [0.2, 0.25) is 0 Å². The number of fused-ring (bicyclic) bond motifs is 3. The van der Waals surface area contributed by atoms with Crippen LogP contribution in [0.15, 0.2) is 41.2 Å². The summed E-state index contributed by atoms with van der Waals surface area (Å²) in [6.45, 7) is 1.41. The molecule has 1 unspecified atom stereocenters. The fourth-order valence-electron chi connectivity index (χ4n) is 4.46. The number of rotatable bonds is 5. The third-order valence-electron chi connectivity index (χ3n) is 6.13. The summed E-state index contributed by atoms with van der Waals surface area (Å²) in [4.78, 5) is 13.2. The average Bonchev–Trinajstić information content (AvgIpc) is 3.64. The number of benzene rings is 1. The van der Waals surface area contributed by atoms with Gasteiger partial charge in [-0.2, -0.15) is 21.5 Å². The predicted octanol–water partition coefficient (Wildman–Crippen LogP) is 3.42. The lowest BCUT2D eigenvalue weighted by atomic mass is 9.98. The minimum atomic E-state index is -0.216. The molecule has 1 N–H and O–H groups in total. The van der Waals surface area contributed by atoms with Crippen molar-refractivity contribution in [2.45, 2.75) is 19.1 Å². The van der Waals surface area contributed by atoms with Crippen molar-refractivity contribution in [2.24, 2.45) is 7.05 Å². The van der Waals surface area contributed by atoms with Gasteiger partial charge in [-0.25, -0.2) is 4.68 Å². The quantitative estimate of drug-likeness (QED) is 0.474. The number of carbonyl (C=O) groups excluding carboxylic acids is 1. The molecule has 3 aromatic heterocycles. The smallest absolute Gasteiger partial charge is 0.272 e. The van der Waals surface area contributed by atoms with Crippen molar-refractivity contribution < 1.29 is 19.0 Å². The van der Waals surface area contributed by atoms with E-state index in [0.717, 1.165) is 40.2 Å². The number of nitrogens with one attached hydrogen (secondary N) is 1. The number of methoxy groups -OCH3 is 1. The molecule has 174 valence electrons. The van der Waals surface area contributed by atoms with Crippen LogP contribution in [0.4, 0.5) is 0 Å². The summed E-state index contributed by atoms with van der Waals surface area (Å²) >= 11 is 1.58. The highest BCUT2D eigenvalue weighted by Gasteiger charge is 2.32. The molecule has 0 saturated carbocycles. The van der Waals surface area contributed by atoms with Gasteiger partial charge in [-0.15, -0.1) is 0 Å². The molecule has 2 aliphatic rings. The zero-order valence-corrected chi connectivity index (χ0v) is 19.6. The van der Waals surface area contributed by atoms with Gasteiger partial charge >= 0.3 is 0 Å². The Hall–Kier alpha value is -3.63. The van der Waals surface area contributed by atoms with Gasteiger partial charge in [0, 0.05) is 48.0 Å². The molecule has 10 heteroatoms. The van der Waals surface area contributed by atoms with Gasteiger partial charge in [-0.05, 0) is 30.0 Å². The van der Waals surface area contributed by atoms with E-state index in [1.165, 1.54) is 0 Å². The van der Waals surface area contributed by atoms with Gasteiger partial charge in [-0.1, -0.05) is 0 Å². The molecular formula is C24H23N5O4S. The summed E-state index contributed by atoms with van der Waals surface area (Å²) in [5, 5.41) is 16.4. The van der Waals surface area contributed by atoms with Crippen LogP contribution in [0.5, 0.6) is 11.5 Å². The van der Waals surface area contributed by atoms with Crippen LogP contribution in [0.3, 0.4) is 0 Å². The Morgan fingerprint density at radius 1 is 1.26 bits per heavy atom. The monoisotopic (exact) mass is 477 g/mol. The SMILES string of the molecule is COc1cc2c(cc1-c1ccn(C)n1)-c1c(c(C(=O)NC3CCOC3)nn1-c1ccsc1)CO2. The minimum absolute atomic E-state index is 0.00809. The highest BCUT2D eigenvalue weighted by Crippen LogP contribution is 2.45. The van der Waals surface area contributed by atoms with Crippen LogP contribution in [0, 0.1) is 0 Å². The number of nitrogens with zero attached hydrogens (tertiary/aromatic N) is 4. The van der Waals surface area contributed by atoms with Crippen LogP contribution in [-0.4, -0.2) is 51.8 Å². The summed E-state index contributed by atoms with van der Waals surface area (Å²) in [6, 6.07) is 7.80. The molecule has 5 heterocycles. The number of thiophene rings is 1. The summed E-state index contributed by atoms with van der Waals surface area (Å²) in [7, 11) is 3.51. The van der Waals surface area contributed by atoms with Crippen molar-refractivity contribution in [3.8, 4) is 39.7 Å². The molecule has 1 amide bonds. The van der Waals surface area contributed by atoms with Gasteiger partial charge in [0.05, 0.1) is 36.8 Å². The normalized spacial score (nSPS) is 16.6. The topological polar surface area (TPSA) is 92.4 Å². The van der Waals surface area contributed by atoms with Crippen molar-refractivity contribution in [1.82, 2.24) is 24.9 Å². The van der Waals surface area contributed by atoms with E-state index in [1.54, 1.807) is 23.1 Å². The maximum Gasteiger partial charge on any atom is 0.272 e. The van der Waals surface area contributed by atoms with E-state index in [-0.39, 0.29) is 18.6 Å². The fourth-order valence-corrected chi connectivity index (χ4v) is 5.07. The zero-order chi connectivity index (χ0) is 23.2. The van der Waals surface area contributed by atoms with Crippen LogP contribution in [-0.2, 0) is 18.4 Å². The van der Waals surface area contributed by atoms with Crippen LogP contribution in [0.1, 0.15) is 22.5 Å². The summed E-state index contributed by atoms with van der Waals surface area (Å²) in [5.41, 5.74) is 5.33. The first-order valence-corrected chi connectivity index (χ1v) is 11.9.